The van der Waals surface area contributed by atoms with E-state index < -0.39 is 6.10 Å². The Labute approximate surface area is 126 Å². The van der Waals surface area contributed by atoms with Gasteiger partial charge in [0.15, 0.2) is 0 Å². The fraction of sp³-hybridized carbons (Fsp3) is 0.562. The number of methoxy groups -OCH3 is 1. The second kappa shape index (κ2) is 11.2. The zero-order valence-electron chi connectivity index (χ0n) is 12.5. The number of benzene rings is 1. The molecule has 2 N–H and O–H groups in total. The third kappa shape index (κ3) is 7.78. The monoisotopic (exact) mass is 292 g/mol. The van der Waals surface area contributed by atoms with Crippen LogP contribution in [-0.2, 0) is 9.47 Å². The lowest BCUT2D eigenvalue weighted by Gasteiger charge is -2.12. The van der Waals surface area contributed by atoms with E-state index in [0.717, 1.165) is 31.6 Å². The Morgan fingerprint density at radius 1 is 1.19 bits per heavy atom. The van der Waals surface area contributed by atoms with E-state index in [-0.39, 0.29) is 0 Å². The number of aliphatic hydroxyl groups excluding tert-OH is 1. The summed E-state index contributed by atoms with van der Waals surface area (Å²) in [5, 5.41) is 21.9. The molecule has 1 aromatic rings. The number of ether oxygens (including phenoxy) is 2. The molecule has 0 fully saturated rings. The highest BCUT2D eigenvalue weighted by atomic mass is 16.5. The van der Waals surface area contributed by atoms with Gasteiger partial charge in [-0.2, -0.15) is 5.26 Å². The third-order valence-electron chi connectivity index (χ3n) is 3.09. The average molecular weight is 292 g/mol. The van der Waals surface area contributed by atoms with Crippen molar-refractivity contribution in [1.29, 1.82) is 5.26 Å². The highest BCUT2D eigenvalue weighted by molar-refractivity contribution is 5.32. The molecule has 0 radical (unpaired) electrons. The normalized spacial score (nSPS) is 12.0. The molecule has 0 amide bonds. The molecule has 1 rings (SSSR count). The molecule has 1 aromatic carbocycles. The van der Waals surface area contributed by atoms with Gasteiger partial charge in [0.2, 0.25) is 0 Å². The van der Waals surface area contributed by atoms with Gasteiger partial charge in [-0.1, -0.05) is 12.1 Å². The number of hydrogen-bond acceptors (Lipinski definition) is 5. The Bertz CT molecular complexity index is 415. The van der Waals surface area contributed by atoms with Crippen molar-refractivity contribution in [1.82, 2.24) is 5.32 Å². The minimum atomic E-state index is -0.546. The number of aliphatic hydroxyl groups is 1. The first kappa shape index (κ1) is 17.6. The van der Waals surface area contributed by atoms with Crippen LogP contribution in [0.4, 0.5) is 0 Å². The number of hydrogen-bond donors (Lipinski definition) is 2. The van der Waals surface area contributed by atoms with Crippen LogP contribution in [-0.4, -0.2) is 45.1 Å². The molecule has 1 unspecified atom stereocenters. The van der Waals surface area contributed by atoms with Crippen molar-refractivity contribution in [2.45, 2.75) is 18.9 Å². The molecule has 0 saturated heterocycles. The van der Waals surface area contributed by atoms with E-state index in [0.29, 0.717) is 25.3 Å². The van der Waals surface area contributed by atoms with E-state index in [1.807, 2.05) is 0 Å². The summed E-state index contributed by atoms with van der Waals surface area (Å²) in [4.78, 5) is 0. The van der Waals surface area contributed by atoms with E-state index >= 15 is 0 Å². The molecular weight excluding hydrogens is 268 g/mol. The van der Waals surface area contributed by atoms with E-state index in [1.165, 1.54) is 0 Å². The van der Waals surface area contributed by atoms with Crippen molar-refractivity contribution < 1.29 is 14.6 Å². The summed E-state index contributed by atoms with van der Waals surface area (Å²) in [5.41, 5.74) is 1.43. The van der Waals surface area contributed by atoms with Crippen molar-refractivity contribution in [3.05, 3.63) is 35.4 Å². The van der Waals surface area contributed by atoms with Crippen LogP contribution < -0.4 is 5.32 Å². The highest BCUT2D eigenvalue weighted by Crippen LogP contribution is 2.12. The fourth-order valence-electron chi connectivity index (χ4n) is 1.83. The van der Waals surface area contributed by atoms with Gasteiger partial charge in [-0.25, -0.2) is 0 Å². The Morgan fingerprint density at radius 2 is 1.95 bits per heavy atom. The van der Waals surface area contributed by atoms with E-state index in [1.54, 1.807) is 31.4 Å². The summed E-state index contributed by atoms with van der Waals surface area (Å²) in [6, 6.07) is 9.07. The maximum absolute atomic E-state index is 10.00. The van der Waals surface area contributed by atoms with Crippen LogP contribution >= 0.6 is 0 Å². The SMILES string of the molecule is COCCOCCCCNCC(O)c1ccc(C#N)cc1. The summed E-state index contributed by atoms with van der Waals surface area (Å²) in [7, 11) is 1.66. The number of nitrogens with zero attached hydrogens (tertiary/aromatic N) is 1. The molecule has 0 aliphatic carbocycles. The minimum Gasteiger partial charge on any atom is -0.387 e. The molecule has 0 aliphatic heterocycles. The van der Waals surface area contributed by atoms with Gasteiger partial charge in [0.25, 0.3) is 0 Å². The fourth-order valence-corrected chi connectivity index (χ4v) is 1.83. The zero-order valence-corrected chi connectivity index (χ0v) is 12.5. The van der Waals surface area contributed by atoms with Crippen molar-refractivity contribution in [3.63, 3.8) is 0 Å². The molecule has 0 saturated carbocycles. The molecule has 0 aliphatic rings. The Kier molecular flexibility index (Phi) is 9.42. The van der Waals surface area contributed by atoms with Crippen LogP contribution in [0.25, 0.3) is 0 Å². The van der Waals surface area contributed by atoms with Gasteiger partial charge in [-0.05, 0) is 37.1 Å². The first-order chi connectivity index (χ1) is 10.3. The van der Waals surface area contributed by atoms with Gasteiger partial charge < -0.3 is 19.9 Å². The Balaban J connectivity index is 2.05. The van der Waals surface area contributed by atoms with Crippen LogP contribution in [0.5, 0.6) is 0 Å². The van der Waals surface area contributed by atoms with Crippen molar-refractivity contribution >= 4 is 0 Å². The lowest BCUT2D eigenvalue weighted by molar-refractivity contribution is 0.0687. The maximum Gasteiger partial charge on any atom is 0.0991 e. The molecule has 0 bridgehead atoms. The molecule has 5 heteroatoms. The molecular formula is C16H24N2O3. The first-order valence-corrected chi connectivity index (χ1v) is 7.23. The molecule has 116 valence electrons. The van der Waals surface area contributed by atoms with Crippen LogP contribution in [0.3, 0.4) is 0 Å². The van der Waals surface area contributed by atoms with Gasteiger partial charge in [-0.15, -0.1) is 0 Å². The van der Waals surface area contributed by atoms with Crippen molar-refractivity contribution in [3.8, 4) is 6.07 Å². The number of nitrogens with one attached hydrogen (secondary N) is 1. The predicted octanol–water partition coefficient (Wildman–Crippen LogP) is 1.62. The topological polar surface area (TPSA) is 74.5 Å². The van der Waals surface area contributed by atoms with E-state index in [9.17, 15) is 5.11 Å². The largest absolute Gasteiger partial charge is 0.387 e. The van der Waals surface area contributed by atoms with Crippen LogP contribution in [0.15, 0.2) is 24.3 Å². The van der Waals surface area contributed by atoms with Crippen LogP contribution in [0.2, 0.25) is 0 Å². The lowest BCUT2D eigenvalue weighted by Crippen LogP contribution is -2.22. The summed E-state index contributed by atoms with van der Waals surface area (Å²) < 4.78 is 10.3. The quantitative estimate of drug-likeness (QED) is 0.606. The predicted molar refractivity (Wildman–Crippen MR) is 80.9 cm³/mol. The second-order valence-corrected chi connectivity index (χ2v) is 4.77. The van der Waals surface area contributed by atoms with Gasteiger partial charge >= 0.3 is 0 Å². The van der Waals surface area contributed by atoms with Crippen LogP contribution in [0, 0.1) is 11.3 Å². The zero-order chi connectivity index (χ0) is 15.3. The third-order valence-corrected chi connectivity index (χ3v) is 3.09. The summed E-state index contributed by atoms with van der Waals surface area (Å²) in [6.07, 6.45) is 1.45. The van der Waals surface area contributed by atoms with Gasteiger partial charge in [0, 0.05) is 20.3 Å². The molecule has 0 spiro atoms. The first-order valence-electron chi connectivity index (χ1n) is 7.23. The summed E-state index contributed by atoms with van der Waals surface area (Å²) >= 11 is 0. The van der Waals surface area contributed by atoms with E-state index in [2.05, 4.69) is 11.4 Å². The van der Waals surface area contributed by atoms with Crippen LogP contribution in [0.1, 0.15) is 30.1 Å². The maximum atomic E-state index is 10.00. The highest BCUT2D eigenvalue weighted by Gasteiger charge is 2.06. The van der Waals surface area contributed by atoms with Gasteiger partial charge in [-0.3, -0.25) is 0 Å². The van der Waals surface area contributed by atoms with Crippen molar-refractivity contribution in [2.75, 3.05) is 40.0 Å². The second-order valence-electron chi connectivity index (χ2n) is 4.77. The number of rotatable bonds is 11. The Morgan fingerprint density at radius 3 is 2.62 bits per heavy atom. The minimum absolute atomic E-state index is 0.510. The summed E-state index contributed by atoms with van der Waals surface area (Å²) in [5.74, 6) is 0. The molecule has 5 nitrogen and oxygen atoms in total. The molecule has 0 heterocycles. The number of nitriles is 1. The van der Waals surface area contributed by atoms with E-state index in [4.69, 9.17) is 14.7 Å². The summed E-state index contributed by atoms with van der Waals surface area (Å²) in [6.45, 7) is 3.37. The molecule has 1 atom stereocenters. The lowest BCUT2D eigenvalue weighted by atomic mass is 10.1. The standard InChI is InChI=1S/C16H24N2O3/c1-20-10-11-21-9-3-2-8-18-13-16(19)15-6-4-14(12-17)5-7-15/h4-7,16,18-19H,2-3,8-11,13H2,1H3. The smallest absolute Gasteiger partial charge is 0.0991 e. The number of unbranched alkanes of at least 4 members (excludes halogenated alkanes) is 1. The molecule has 0 aromatic heterocycles. The average Bonchev–Trinajstić information content (AvgIpc) is 2.53. The van der Waals surface area contributed by atoms with Gasteiger partial charge in [0.1, 0.15) is 0 Å². The molecule has 21 heavy (non-hydrogen) atoms. The van der Waals surface area contributed by atoms with Crippen molar-refractivity contribution in [2.24, 2.45) is 0 Å². The van der Waals surface area contributed by atoms with Gasteiger partial charge in [0.05, 0.1) is 31.0 Å². The Hall–Kier alpha value is -1.45.